The molecule has 126 valence electrons. The molecule has 1 fully saturated rings. The second-order valence-corrected chi connectivity index (χ2v) is 7.49. The van der Waals surface area contributed by atoms with Crippen LogP contribution >= 0.6 is 11.3 Å². The summed E-state index contributed by atoms with van der Waals surface area (Å²) in [6, 6.07) is 8.59. The van der Waals surface area contributed by atoms with Gasteiger partial charge in [0.05, 0.1) is 7.11 Å². The molecule has 1 aliphatic carbocycles. The molecule has 0 saturated heterocycles. The fraction of sp³-hybridized carbons (Fsp3) is 0.444. The molecule has 4 rings (SSSR count). The molecule has 5 nitrogen and oxygen atoms in total. The van der Waals surface area contributed by atoms with Crippen molar-refractivity contribution >= 4 is 22.1 Å². The van der Waals surface area contributed by atoms with E-state index < -0.39 is 0 Å². The summed E-state index contributed by atoms with van der Waals surface area (Å²) in [6.07, 6.45) is 6.39. The molecule has 6 heteroatoms. The van der Waals surface area contributed by atoms with Crippen molar-refractivity contribution in [1.82, 2.24) is 14.6 Å². The van der Waals surface area contributed by atoms with E-state index in [0.717, 1.165) is 32.8 Å². The lowest BCUT2D eigenvalue weighted by atomic mass is 9.95. The van der Waals surface area contributed by atoms with E-state index in [1.54, 1.807) is 18.4 Å². The van der Waals surface area contributed by atoms with E-state index >= 15 is 0 Å². The molecule has 0 bridgehead atoms. The van der Waals surface area contributed by atoms with Gasteiger partial charge in [0.25, 0.3) is 0 Å². The minimum Gasteiger partial charge on any atom is -0.497 e. The summed E-state index contributed by atoms with van der Waals surface area (Å²) in [6.45, 7) is 2.02. The Labute approximate surface area is 145 Å². The topological polar surface area (TPSA) is 51.5 Å². The summed E-state index contributed by atoms with van der Waals surface area (Å²) in [7, 11) is 1.68. The summed E-state index contributed by atoms with van der Waals surface area (Å²) in [5.41, 5.74) is 2.06. The molecule has 1 aromatic carbocycles. The highest BCUT2D eigenvalue weighted by atomic mass is 32.1. The number of rotatable bonds is 4. The number of aromatic nitrogens is 3. The fourth-order valence-electron chi connectivity index (χ4n) is 3.36. The number of nitrogens with zero attached hydrogens (tertiary/aromatic N) is 3. The number of imidazole rings is 1. The molecule has 3 aromatic rings. The number of nitrogens with one attached hydrogen (secondary N) is 1. The van der Waals surface area contributed by atoms with Gasteiger partial charge in [-0.1, -0.05) is 30.6 Å². The summed E-state index contributed by atoms with van der Waals surface area (Å²) < 4.78 is 7.23. The van der Waals surface area contributed by atoms with Crippen molar-refractivity contribution in [2.24, 2.45) is 0 Å². The Bertz CT molecular complexity index is 831. The molecule has 0 aliphatic heterocycles. The predicted octanol–water partition coefficient (Wildman–Crippen LogP) is 4.52. The first kappa shape index (κ1) is 15.4. The molecule has 1 saturated carbocycles. The number of fused-ring (bicyclic) bond motifs is 1. The van der Waals surface area contributed by atoms with E-state index in [4.69, 9.17) is 9.72 Å². The largest absolute Gasteiger partial charge is 0.497 e. The Kier molecular flexibility index (Phi) is 4.14. The van der Waals surface area contributed by atoms with Crippen LogP contribution in [0.1, 0.15) is 37.1 Å². The van der Waals surface area contributed by atoms with Gasteiger partial charge in [-0.25, -0.2) is 4.98 Å². The van der Waals surface area contributed by atoms with Crippen molar-refractivity contribution in [2.45, 2.75) is 45.1 Å². The van der Waals surface area contributed by atoms with Crippen molar-refractivity contribution in [1.29, 1.82) is 0 Å². The monoisotopic (exact) mass is 342 g/mol. The molecule has 1 N–H and O–H groups in total. The average Bonchev–Trinajstić information content (AvgIpc) is 3.13. The molecular formula is C18H22N4OS. The summed E-state index contributed by atoms with van der Waals surface area (Å²) in [5, 5.41) is 9.40. The maximum absolute atomic E-state index is 5.26. The molecule has 0 spiro atoms. The number of methoxy groups -OCH3 is 1. The Morgan fingerprint density at radius 2 is 1.92 bits per heavy atom. The van der Waals surface area contributed by atoms with Crippen LogP contribution in [0.5, 0.6) is 5.75 Å². The van der Waals surface area contributed by atoms with Crippen molar-refractivity contribution in [3.05, 3.63) is 29.3 Å². The second kappa shape index (κ2) is 6.43. The van der Waals surface area contributed by atoms with Crippen LogP contribution < -0.4 is 10.1 Å². The van der Waals surface area contributed by atoms with Crippen LogP contribution in [0.4, 0.5) is 5.82 Å². The highest BCUT2D eigenvalue weighted by Crippen LogP contribution is 2.33. The van der Waals surface area contributed by atoms with Gasteiger partial charge in [-0.2, -0.15) is 9.61 Å². The number of benzene rings is 1. The zero-order valence-electron chi connectivity index (χ0n) is 14.1. The quantitative estimate of drug-likeness (QED) is 0.757. The molecule has 0 amide bonds. The lowest BCUT2D eigenvalue weighted by molar-refractivity contribution is 0.415. The van der Waals surface area contributed by atoms with Gasteiger partial charge >= 0.3 is 0 Å². The van der Waals surface area contributed by atoms with Gasteiger partial charge in [0.15, 0.2) is 5.82 Å². The minimum atomic E-state index is 0.512. The van der Waals surface area contributed by atoms with Gasteiger partial charge in [0.1, 0.15) is 16.5 Å². The molecule has 0 atom stereocenters. The maximum Gasteiger partial charge on any atom is 0.214 e. The fourth-order valence-corrected chi connectivity index (χ4v) is 4.11. The number of ether oxygens (including phenoxy) is 1. The molecule has 1 aliphatic rings. The van der Waals surface area contributed by atoms with E-state index in [-0.39, 0.29) is 0 Å². The van der Waals surface area contributed by atoms with Gasteiger partial charge in [0.2, 0.25) is 4.96 Å². The lowest BCUT2D eigenvalue weighted by Crippen LogP contribution is -2.23. The number of hydrogen-bond donors (Lipinski definition) is 1. The number of aryl methyl sites for hydroxylation is 1. The standard InChI is InChI=1S/C18H22N4OS/c1-12-21-22-17(19-14-6-4-3-5-7-14)16(20-18(22)24-12)13-8-10-15(23-2)11-9-13/h8-11,14,19H,3-7H2,1-2H3. The highest BCUT2D eigenvalue weighted by Gasteiger charge is 2.21. The third-order valence-corrected chi connectivity index (χ3v) is 5.44. The van der Waals surface area contributed by atoms with Gasteiger partial charge in [-0.3, -0.25) is 0 Å². The molecule has 0 unspecified atom stereocenters. The first-order valence-corrected chi connectivity index (χ1v) is 9.33. The summed E-state index contributed by atoms with van der Waals surface area (Å²) in [4.78, 5) is 5.78. The van der Waals surface area contributed by atoms with E-state index in [1.807, 2.05) is 23.6 Å². The van der Waals surface area contributed by atoms with E-state index in [0.29, 0.717) is 6.04 Å². The molecular weight excluding hydrogens is 320 g/mol. The van der Waals surface area contributed by atoms with Gasteiger partial charge in [-0.05, 0) is 44.0 Å². The predicted molar refractivity (Wildman–Crippen MR) is 98.1 cm³/mol. The third kappa shape index (κ3) is 2.86. The molecule has 2 aromatic heterocycles. The van der Waals surface area contributed by atoms with Crippen molar-refractivity contribution in [3.63, 3.8) is 0 Å². The second-order valence-electron chi connectivity index (χ2n) is 6.33. The van der Waals surface area contributed by atoms with Crippen LogP contribution in [-0.2, 0) is 0 Å². The molecule has 24 heavy (non-hydrogen) atoms. The summed E-state index contributed by atoms with van der Waals surface area (Å²) in [5.74, 6) is 1.88. The van der Waals surface area contributed by atoms with Crippen molar-refractivity contribution in [3.8, 4) is 17.0 Å². The zero-order valence-corrected chi connectivity index (χ0v) is 14.9. The molecule has 0 radical (unpaired) electrons. The minimum absolute atomic E-state index is 0.512. The normalized spacial score (nSPS) is 15.8. The van der Waals surface area contributed by atoms with E-state index in [9.17, 15) is 0 Å². The number of anilines is 1. The van der Waals surface area contributed by atoms with E-state index in [2.05, 4.69) is 22.5 Å². The molecule has 2 heterocycles. The Balaban J connectivity index is 1.75. The van der Waals surface area contributed by atoms with Crippen LogP contribution in [0.3, 0.4) is 0 Å². The van der Waals surface area contributed by atoms with Crippen LogP contribution in [0.15, 0.2) is 24.3 Å². The lowest BCUT2D eigenvalue weighted by Gasteiger charge is -2.23. The first-order valence-electron chi connectivity index (χ1n) is 8.52. The highest BCUT2D eigenvalue weighted by molar-refractivity contribution is 7.16. The van der Waals surface area contributed by atoms with Crippen LogP contribution in [0, 0.1) is 6.92 Å². The van der Waals surface area contributed by atoms with E-state index in [1.165, 1.54) is 32.1 Å². The van der Waals surface area contributed by atoms with Crippen LogP contribution in [-0.4, -0.2) is 27.7 Å². The Morgan fingerprint density at radius 1 is 1.17 bits per heavy atom. The van der Waals surface area contributed by atoms with Gasteiger partial charge in [0, 0.05) is 11.6 Å². The number of hydrogen-bond acceptors (Lipinski definition) is 5. The van der Waals surface area contributed by atoms with Crippen LogP contribution in [0.25, 0.3) is 16.2 Å². The Hall–Kier alpha value is -2.08. The first-order chi connectivity index (χ1) is 11.7. The smallest absolute Gasteiger partial charge is 0.214 e. The summed E-state index contributed by atoms with van der Waals surface area (Å²) >= 11 is 1.63. The average molecular weight is 342 g/mol. The maximum atomic E-state index is 5.26. The van der Waals surface area contributed by atoms with Crippen molar-refractivity contribution < 1.29 is 4.74 Å². The Morgan fingerprint density at radius 3 is 2.62 bits per heavy atom. The van der Waals surface area contributed by atoms with Gasteiger partial charge in [-0.15, -0.1) is 0 Å². The van der Waals surface area contributed by atoms with Crippen molar-refractivity contribution in [2.75, 3.05) is 12.4 Å². The van der Waals surface area contributed by atoms with Gasteiger partial charge < -0.3 is 10.1 Å². The third-order valence-electron chi connectivity index (χ3n) is 4.61. The SMILES string of the molecule is COc1ccc(-c2nc3sc(C)nn3c2NC2CCCCC2)cc1. The van der Waals surface area contributed by atoms with Crippen LogP contribution in [0.2, 0.25) is 0 Å². The zero-order chi connectivity index (χ0) is 16.5.